The molecule has 0 aliphatic carbocycles. The maximum Gasteiger partial charge on any atom is 0.407 e. The smallest absolute Gasteiger partial charge is 0.407 e. The lowest BCUT2D eigenvalue weighted by Crippen LogP contribution is -2.55. The first kappa shape index (κ1) is 22.3. The van der Waals surface area contributed by atoms with E-state index in [9.17, 15) is 9.59 Å². The summed E-state index contributed by atoms with van der Waals surface area (Å²) in [5.74, 6) is 0.264. The van der Waals surface area contributed by atoms with Gasteiger partial charge in [-0.1, -0.05) is 0 Å². The van der Waals surface area contributed by atoms with Crippen molar-refractivity contribution < 1.29 is 23.8 Å². The molecule has 0 bridgehead atoms. The molecule has 0 unspecified atom stereocenters. The highest BCUT2D eigenvalue weighted by Gasteiger charge is 2.50. The summed E-state index contributed by atoms with van der Waals surface area (Å²) >= 11 is 0. The van der Waals surface area contributed by atoms with Crippen molar-refractivity contribution in [3.8, 4) is 0 Å². The van der Waals surface area contributed by atoms with Crippen LogP contribution >= 0.6 is 0 Å². The summed E-state index contributed by atoms with van der Waals surface area (Å²) < 4.78 is 16.3. The lowest BCUT2D eigenvalue weighted by Gasteiger charge is -2.43. The van der Waals surface area contributed by atoms with E-state index in [1.54, 1.807) is 6.07 Å². The second-order valence-electron chi connectivity index (χ2n) is 9.30. The predicted octanol–water partition coefficient (Wildman–Crippen LogP) is 3.08. The number of amides is 1. The number of hydrogen-bond acceptors (Lipinski definition) is 7. The van der Waals surface area contributed by atoms with Crippen molar-refractivity contribution in [1.29, 1.82) is 0 Å². The molecular weight excluding hydrogens is 386 g/mol. The minimum atomic E-state index is -0.551. The molecule has 1 aromatic rings. The minimum absolute atomic E-state index is 0.0909. The number of rotatable bonds is 3. The van der Waals surface area contributed by atoms with Crippen LogP contribution in [0.5, 0.6) is 0 Å². The number of aromatic nitrogens is 1. The van der Waals surface area contributed by atoms with Crippen LogP contribution in [0.15, 0.2) is 12.1 Å². The predicted molar refractivity (Wildman–Crippen MR) is 113 cm³/mol. The molecule has 30 heavy (non-hydrogen) atoms. The average Bonchev–Trinajstić information content (AvgIpc) is 2.96. The van der Waals surface area contributed by atoms with Crippen molar-refractivity contribution in [2.75, 3.05) is 31.7 Å². The Bertz CT molecular complexity index is 796. The second kappa shape index (κ2) is 8.41. The second-order valence-corrected chi connectivity index (χ2v) is 9.30. The maximum atomic E-state index is 12.4. The van der Waals surface area contributed by atoms with E-state index < -0.39 is 11.7 Å². The number of aryl methyl sites for hydroxylation is 1. The van der Waals surface area contributed by atoms with Gasteiger partial charge in [-0.15, -0.1) is 0 Å². The summed E-state index contributed by atoms with van der Waals surface area (Å²) in [6.07, 6.45) is 1.12. The van der Waals surface area contributed by atoms with Crippen molar-refractivity contribution >= 4 is 17.9 Å². The Balaban J connectivity index is 1.74. The monoisotopic (exact) mass is 419 g/mol. The van der Waals surface area contributed by atoms with Gasteiger partial charge >= 0.3 is 12.1 Å². The van der Waals surface area contributed by atoms with E-state index >= 15 is 0 Å². The highest BCUT2D eigenvalue weighted by Crippen LogP contribution is 2.43. The fourth-order valence-corrected chi connectivity index (χ4v) is 4.36. The van der Waals surface area contributed by atoms with Crippen LogP contribution in [-0.2, 0) is 14.2 Å². The van der Waals surface area contributed by atoms with Gasteiger partial charge in [0.1, 0.15) is 17.0 Å². The molecule has 3 rings (SSSR count). The van der Waals surface area contributed by atoms with Crippen LogP contribution in [0, 0.1) is 12.3 Å². The van der Waals surface area contributed by atoms with E-state index in [1.807, 2.05) is 40.7 Å². The molecule has 2 fully saturated rings. The molecule has 2 aliphatic rings. The number of carbonyl (C=O) groups excluding carboxylic acids is 2. The number of carbonyl (C=O) groups is 2. The van der Waals surface area contributed by atoms with Gasteiger partial charge in [0.15, 0.2) is 0 Å². The number of nitrogens with one attached hydrogen (secondary N) is 1. The average molecular weight is 420 g/mol. The molecule has 2 atom stereocenters. The van der Waals surface area contributed by atoms with Crippen molar-refractivity contribution in [1.82, 2.24) is 10.3 Å². The van der Waals surface area contributed by atoms with E-state index in [1.165, 1.54) is 7.11 Å². The van der Waals surface area contributed by atoms with Crippen molar-refractivity contribution in [2.45, 2.75) is 65.2 Å². The maximum absolute atomic E-state index is 12.4. The summed E-state index contributed by atoms with van der Waals surface area (Å²) in [4.78, 5) is 31.3. The van der Waals surface area contributed by atoms with Gasteiger partial charge < -0.3 is 24.4 Å². The van der Waals surface area contributed by atoms with Gasteiger partial charge in [0.25, 0.3) is 0 Å². The van der Waals surface area contributed by atoms with Crippen LogP contribution in [0.2, 0.25) is 0 Å². The highest BCUT2D eigenvalue weighted by atomic mass is 16.6. The summed E-state index contributed by atoms with van der Waals surface area (Å²) in [7, 11) is 1.38. The number of methoxy groups -OCH3 is 1. The van der Waals surface area contributed by atoms with Crippen LogP contribution in [-0.4, -0.2) is 61.6 Å². The lowest BCUT2D eigenvalue weighted by molar-refractivity contribution is 0.0433. The number of pyridine rings is 1. The molecule has 8 heteroatoms. The molecule has 0 radical (unpaired) electrons. The zero-order chi connectivity index (χ0) is 22.1. The Morgan fingerprint density at radius 1 is 1.27 bits per heavy atom. The standard InChI is InChI=1S/C22H33N3O5/c1-14-7-8-16(19(26)28-6)18(23-14)25-11-9-22(10-12-25)13-29-15(2)17(22)24-20(27)30-21(3,4)5/h7-8,15,17H,9-13H2,1-6H3,(H,24,27)/t15-,17+/m0/s1. The van der Waals surface area contributed by atoms with Gasteiger partial charge in [0.05, 0.1) is 25.9 Å². The number of alkyl carbamates (subject to hydrolysis) is 1. The SMILES string of the molecule is COC(=O)c1ccc(C)nc1N1CCC2(CC1)CO[C@@H](C)[C@H]2NC(=O)OC(C)(C)C. The Hall–Kier alpha value is -2.35. The molecule has 3 heterocycles. The zero-order valence-corrected chi connectivity index (χ0v) is 18.8. The summed E-state index contributed by atoms with van der Waals surface area (Å²) in [5, 5.41) is 3.05. The molecule has 8 nitrogen and oxygen atoms in total. The van der Waals surface area contributed by atoms with Crippen molar-refractivity contribution in [3.63, 3.8) is 0 Å². The van der Waals surface area contributed by atoms with E-state index in [4.69, 9.17) is 14.2 Å². The summed E-state index contributed by atoms with van der Waals surface area (Å²) in [6.45, 7) is 11.5. The first-order chi connectivity index (χ1) is 14.0. The van der Waals surface area contributed by atoms with Gasteiger partial charge in [-0.3, -0.25) is 0 Å². The topological polar surface area (TPSA) is 90.0 Å². The van der Waals surface area contributed by atoms with Crippen molar-refractivity contribution in [2.24, 2.45) is 5.41 Å². The molecule has 2 aliphatic heterocycles. The Kier molecular flexibility index (Phi) is 6.26. The quantitative estimate of drug-likeness (QED) is 0.753. The van der Waals surface area contributed by atoms with Crippen LogP contribution in [0.1, 0.15) is 56.6 Å². The van der Waals surface area contributed by atoms with Gasteiger partial charge in [-0.25, -0.2) is 14.6 Å². The van der Waals surface area contributed by atoms with Crippen molar-refractivity contribution in [3.05, 3.63) is 23.4 Å². The lowest BCUT2D eigenvalue weighted by atomic mass is 9.73. The van der Waals surface area contributed by atoms with Crippen LogP contribution in [0.4, 0.5) is 10.6 Å². The summed E-state index contributed by atoms with van der Waals surface area (Å²) in [5.41, 5.74) is 0.603. The number of hydrogen-bond donors (Lipinski definition) is 1. The Morgan fingerprint density at radius 3 is 2.53 bits per heavy atom. The number of anilines is 1. The molecule has 1 spiro atoms. The van der Waals surface area contributed by atoms with E-state index in [0.29, 0.717) is 31.1 Å². The molecule has 0 saturated carbocycles. The number of ether oxygens (including phenoxy) is 3. The van der Waals surface area contributed by atoms with Crippen LogP contribution in [0.3, 0.4) is 0 Å². The summed E-state index contributed by atoms with van der Waals surface area (Å²) in [6, 6.07) is 3.45. The first-order valence-electron chi connectivity index (χ1n) is 10.5. The fraction of sp³-hybridized carbons (Fsp3) is 0.682. The minimum Gasteiger partial charge on any atom is -0.465 e. The molecule has 1 aromatic heterocycles. The normalized spacial score (nSPS) is 23.3. The largest absolute Gasteiger partial charge is 0.465 e. The molecular formula is C22H33N3O5. The van der Waals surface area contributed by atoms with Gasteiger partial charge in [0.2, 0.25) is 0 Å². The van der Waals surface area contributed by atoms with Crippen LogP contribution < -0.4 is 10.2 Å². The Morgan fingerprint density at radius 2 is 1.93 bits per heavy atom. The number of esters is 1. The van der Waals surface area contributed by atoms with E-state index in [-0.39, 0.29) is 23.5 Å². The number of nitrogens with zero attached hydrogens (tertiary/aromatic N) is 2. The third-order valence-electron chi connectivity index (χ3n) is 5.91. The zero-order valence-electron chi connectivity index (χ0n) is 18.8. The number of piperidine rings is 1. The highest BCUT2D eigenvalue weighted by molar-refractivity contribution is 5.94. The Labute approximate surface area is 178 Å². The molecule has 166 valence electrons. The van der Waals surface area contributed by atoms with Crippen LogP contribution in [0.25, 0.3) is 0 Å². The fourth-order valence-electron chi connectivity index (χ4n) is 4.36. The van der Waals surface area contributed by atoms with Gasteiger partial charge in [0, 0.05) is 24.2 Å². The molecule has 1 amide bonds. The van der Waals surface area contributed by atoms with E-state index in [0.717, 1.165) is 18.5 Å². The molecule has 1 N–H and O–H groups in total. The van der Waals surface area contributed by atoms with Gasteiger partial charge in [-0.2, -0.15) is 0 Å². The molecule has 0 aromatic carbocycles. The molecule has 2 saturated heterocycles. The third kappa shape index (κ3) is 4.69. The van der Waals surface area contributed by atoms with E-state index in [2.05, 4.69) is 15.2 Å². The van der Waals surface area contributed by atoms with Gasteiger partial charge in [-0.05, 0) is 59.6 Å². The first-order valence-corrected chi connectivity index (χ1v) is 10.5. The third-order valence-corrected chi connectivity index (χ3v) is 5.91.